The minimum Gasteiger partial charge on any atom is -0.322 e. The number of carbonyl (C=O) groups is 3. The van der Waals surface area contributed by atoms with Crippen LogP contribution in [0, 0.1) is 0 Å². The second-order valence-electron chi connectivity index (χ2n) is 6.10. The number of hydrogen-bond acceptors (Lipinski definition) is 3. The maximum Gasteiger partial charge on any atom is 0.255 e. The molecule has 6 heteroatoms. The number of halogens is 1. The largest absolute Gasteiger partial charge is 0.322 e. The molecule has 2 N–H and O–H groups in total. The molecule has 3 rings (SSSR count). The van der Waals surface area contributed by atoms with Gasteiger partial charge in [-0.25, -0.2) is 0 Å². The minimum absolute atomic E-state index is 0.0462. The zero-order chi connectivity index (χ0) is 20.1. The molecule has 2 amide bonds. The van der Waals surface area contributed by atoms with E-state index in [0.717, 1.165) is 0 Å². The maximum absolute atomic E-state index is 12.5. The summed E-state index contributed by atoms with van der Waals surface area (Å²) in [5.74, 6) is -0.772. The standard InChI is InChI=1S/C22H17ClN2O3/c1-14(26)15-9-11-18(12-10-15)24-21(27)16-5-4-6-17(13-16)22(28)25-20-8-3-2-7-19(20)23/h2-13H,1H3,(H,24,27)(H,25,28). The van der Waals surface area contributed by atoms with Gasteiger partial charge in [-0.15, -0.1) is 0 Å². The number of amides is 2. The van der Waals surface area contributed by atoms with Gasteiger partial charge in [0, 0.05) is 22.4 Å². The number of benzene rings is 3. The molecule has 140 valence electrons. The van der Waals surface area contributed by atoms with Gasteiger partial charge >= 0.3 is 0 Å². The summed E-state index contributed by atoms with van der Waals surface area (Å²) in [6.07, 6.45) is 0. The van der Waals surface area contributed by atoms with Crippen LogP contribution in [-0.4, -0.2) is 17.6 Å². The molecule has 0 aliphatic carbocycles. The van der Waals surface area contributed by atoms with Crippen molar-refractivity contribution in [1.82, 2.24) is 0 Å². The molecular formula is C22H17ClN2O3. The number of anilines is 2. The predicted octanol–water partition coefficient (Wildman–Crippen LogP) is 5.05. The summed E-state index contributed by atoms with van der Waals surface area (Å²) in [6.45, 7) is 1.48. The van der Waals surface area contributed by atoms with Crippen molar-refractivity contribution < 1.29 is 14.4 Å². The Kier molecular flexibility index (Phi) is 5.87. The summed E-state index contributed by atoms with van der Waals surface area (Å²) in [7, 11) is 0. The SMILES string of the molecule is CC(=O)c1ccc(NC(=O)c2cccc(C(=O)Nc3ccccc3Cl)c2)cc1. The Hall–Kier alpha value is -3.44. The highest BCUT2D eigenvalue weighted by Crippen LogP contribution is 2.21. The molecule has 0 aliphatic heterocycles. The summed E-state index contributed by atoms with van der Waals surface area (Å²) in [6, 6.07) is 19.9. The van der Waals surface area contributed by atoms with Crippen molar-refractivity contribution in [3.63, 3.8) is 0 Å². The average Bonchev–Trinajstić information content (AvgIpc) is 2.70. The number of rotatable bonds is 5. The van der Waals surface area contributed by atoms with Gasteiger partial charge in [-0.1, -0.05) is 29.8 Å². The zero-order valence-electron chi connectivity index (χ0n) is 15.0. The predicted molar refractivity (Wildman–Crippen MR) is 110 cm³/mol. The Balaban J connectivity index is 1.73. The molecule has 0 atom stereocenters. The van der Waals surface area contributed by atoms with E-state index in [2.05, 4.69) is 10.6 Å². The molecular weight excluding hydrogens is 376 g/mol. The van der Waals surface area contributed by atoms with E-state index in [1.54, 1.807) is 66.7 Å². The highest BCUT2D eigenvalue weighted by Gasteiger charge is 2.12. The number of para-hydroxylation sites is 1. The van der Waals surface area contributed by atoms with Gasteiger partial charge < -0.3 is 10.6 Å². The molecule has 0 heterocycles. The maximum atomic E-state index is 12.5. The van der Waals surface area contributed by atoms with Crippen molar-refractivity contribution in [2.24, 2.45) is 0 Å². The first-order valence-electron chi connectivity index (χ1n) is 8.52. The smallest absolute Gasteiger partial charge is 0.255 e. The van der Waals surface area contributed by atoms with Crippen LogP contribution in [0.3, 0.4) is 0 Å². The number of nitrogens with one attached hydrogen (secondary N) is 2. The molecule has 5 nitrogen and oxygen atoms in total. The van der Waals surface area contributed by atoms with Gasteiger partial charge in [0.25, 0.3) is 11.8 Å². The summed E-state index contributed by atoms with van der Waals surface area (Å²) < 4.78 is 0. The Morgan fingerprint density at radius 3 is 1.93 bits per heavy atom. The van der Waals surface area contributed by atoms with Gasteiger partial charge in [0.2, 0.25) is 0 Å². The molecule has 0 saturated carbocycles. The van der Waals surface area contributed by atoms with E-state index >= 15 is 0 Å². The lowest BCUT2D eigenvalue weighted by atomic mass is 10.1. The van der Waals surface area contributed by atoms with Crippen LogP contribution in [0.2, 0.25) is 5.02 Å². The van der Waals surface area contributed by atoms with E-state index in [1.807, 2.05) is 0 Å². The van der Waals surface area contributed by atoms with Crippen LogP contribution in [0.25, 0.3) is 0 Å². The van der Waals surface area contributed by atoms with Gasteiger partial charge in [0.15, 0.2) is 5.78 Å². The molecule has 3 aromatic carbocycles. The van der Waals surface area contributed by atoms with Gasteiger partial charge in [-0.3, -0.25) is 14.4 Å². The van der Waals surface area contributed by atoms with Crippen LogP contribution in [0.15, 0.2) is 72.8 Å². The fourth-order valence-electron chi connectivity index (χ4n) is 2.55. The Morgan fingerprint density at radius 1 is 0.714 bits per heavy atom. The van der Waals surface area contributed by atoms with Crippen molar-refractivity contribution in [2.75, 3.05) is 10.6 Å². The van der Waals surface area contributed by atoms with E-state index in [0.29, 0.717) is 33.1 Å². The third-order valence-corrected chi connectivity index (χ3v) is 4.39. The van der Waals surface area contributed by atoms with E-state index in [4.69, 9.17) is 11.6 Å². The normalized spacial score (nSPS) is 10.2. The Labute approximate surface area is 167 Å². The second-order valence-corrected chi connectivity index (χ2v) is 6.51. The summed E-state index contributed by atoms with van der Waals surface area (Å²) in [5.41, 5.74) is 2.29. The summed E-state index contributed by atoms with van der Waals surface area (Å²) in [5, 5.41) is 5.90. The van der Waals surface area contributed by atoms with E-state index in [-0.39, 0.29) is 17.6 Å². The quantitative estimate of drug-likeness (QED) is 0.597. The van der Waals surface area contributed by atoms with E-state index in [9.17, 15) is 14.4 Å². The highest BCUT2D eigenvalue weighted by molar-refractivity contribution is 6.33. The minimum atomic E-state index is -0.367. The van der Waals surface area contributed by atoms with Crippen LogP contribution in [0.5, 0.6) is 0 Å². The fourth-order valence-corrected chi connectivity index (χ4v) is 2.73. The number of carbonyl (C=O) groups excluding carboxylic acids is 3. The number of Topliss-reactive ketones (excluding diaryl/α,β-unsaturated/α-hetero) is 1. The molecule has 0 saturated heterocycles. The van der Waals surface area contributed by atoms with Crippen molar-refractivity contribution in [2.45, 2.75) is 6.92 Å². The lowest BCUT2D eigenvalue weighted by molar-refractivity contribution is 0.101. The van der Waals surface area contributed by atoms with Gasteiger partial charge in [0.05, 0.1) is 10.7 Å². The molecule has 0 radical (unpaired) electrons. The van der Waals surface area contributed by atoms with Gasteiger partial charge in [0.1, 0.15) is 0 Å². The molecule has 0 unspecified atom stereocenters. The molecule has 0 aromatic heterocycles. The van der Waals surface area contributed by atoms with Crippen LogP contribution >= 0.6 is 11.6 Å². The van der Waals surface area contributed by atoms with Crippen LogP contribution in [-0.2, 0) is 0 Å². The molecule has 28 heavy (non-hydrogen) atoms. The van der Waals surface area contributed by atoms with Crippen molar-refractivity contribution >= 4 is 40.6 Å². The average molecular weight is 393 g/mol. The molecule has 0 spiro atoms. The fraction of sp³-hybridized carbons (Fsp3) is 0.0455. The first kappa shape index (κ1) is 19.3. The van der Waals surface area contributed by atoms with Gasteiger partial charge in [-0.05, 0) is 61.5 Å². The summed E-state index contributed by atoms with van der Waals surface area (Å²) >= 11 is 6.06. The third kappa shape index (κ3) is 4.64. The Bertz CT molecular complexity index is 1050. The first-order chi connectivity index (χ1) is 13.4. The lowest BCUT2D eigenvalue weighted by Gasteiger charge is -2.09. The summed E-state index contributed by atoms with van der Waals surface area (Å²) in [4.78, 5) is 36.3. The van der Waals surface area contributed by atoms with E-state index < -0.39 is 0 Å². The molecule has 0 fully saturated rings. The molecule has 3 aromatic rings. The van der Waals surface area contributed by atoms with Crippen molar-refractivity contribution in [3.05, 3.63) is 94.5 Å². The number of hydrogen-bond donors (Lipinski definition) is 2. The van der Waals surface area contributed by atoms with E-state index in [1.165, 1.54) is 13.0 Å². The first-order valence-corrected chi connectivity index (χ1v) is 8.90. The monoisotopic (exact) mass is 392 g/mol. The van der Waals surface area contributed by atoms with Crippen molar-refractivity contribution in [3.8, 4) is 0 Å². The molecule has 0 bridgehead atoms. The molecule has 0 aliphatic rings. The topological polar surface area (TPSA) is 75.3 Å². The lowest BCUT2D eigenvalue weighted by Crippen LogP contribution is -2.15. The van der Waals surface area contributed by atoms with Gasteiger partial charge in [-0.2, -0.15) is 0 Å². The number of ketones is 1. The highest BCUT2D eigenvalue weighted by atomic mass is 35.5. The third-order valence-electron chi connectivity index (χ3n) is 4.06. The van der Waals surface area contributed by atoms with Crippen molar-refractivity contribution in [1.29, 1.82) is 0 Å². The second kappa shape index (κ2) is 8.50. The van der Waals surface area contributed by atoms with Crippen LogP contribution in [0.1, 0.15) is 38.0 Å². The zero-order valence-corrected chi connectivity index (χ0v) is 15.8. The van der Waals surface area contributed by atoms with Crippen LogP contribution < -0.4 is 10.6 Å². The van der Waals surface area contributed by atoms with Crippen LogP contribution in [0.4, 0.5) is 11.4 Å². The Morgan fingerprint density at radius 2 is 1.32 bits per heavy atom.